The third-order valence-electron chi connectivity index (χ3n) is 3.95. The molecule has 1 aromatic heterocycles. The lowest BCUT2D eigenvalue weighted by molar-refractivity contribution is -0.131. The zero-order valence-electron chi connectivity index (χ0n) is 16.2. The normalized spacial score (nSPS) is 11.3. The Bertz CT molecular complexity index is 951. The Kier molecular flexibility index (Phi) is 6.82. The number of nitrogen functional groups attached to an aromatic ring is 1. The molecule has 0 saturated heterocycles. The number of fused-ring (bicyclic) bond motifs is 1. The number of benzene rings is 1. The number of aromatic amines is 1. The number of pyridine rings is 1. The van der Waals surface area contributed by atoms with Gasteiger partial charge in [0, 0.05) is 18.0 Å². The number of carbonyl (C=O) groups excluding carboxylic acids is 1. The molecule has 0 aliphatic carbocycles. The van der Waals surface area contributed by atoms with Crippen LogP contribution in [0.4, 0.5) is 5.69 Å². The topological polar surface area (TPSA) is 94.4 Å². The number of esters is 1. The summed E-state index contributed by atoms with van der Waals surface area (Å²) < 4.78 is 10.9. The molecule has 6 nitrogen and oxygen atoms in total. The summed E-state index contributed by atoms with van der Waals surface area (Å²) in [5.74, 6) is -0.440. The highest BCUT2D eigenvalue weighted by Crippen LogP contribution is 2.32. The number of allylic oxidation sites excluding steroid dienone is 3. The summed E-state index contributed by atoms with van der Waals surface area (Å²) in [5.41, 5.74) is 8.71. The molecule has 0 aliphatic rings. The van der Waals surface area contributed by atoms with E-state index in [9.17, 15) is 9.59 Å². The minimum atomic E-state index is -0.531. The number of aromatic nitrogens is 1. The lowest BCUT2D eigenvalue weighted by Crippen LogP contribution is -2.15. The molecule has 6 heteroatoms. The number of rotatable bonds is 7. The monoisotopic (exact) mass is 370 g/mol. The second-order valence-corrected chi connectivity index (χ2v) is 6.69. The third kappa shape index (κ3) is 5.74. The van der Waals surface area contributed by atoms with Crippen LogP contribution in [0.2, 0.25) is 0 Å². The van der Waals surface area contributed by atoms with Crippen LogP contribution in [0.3, 0.4) is 0 Å². The fourth-order valence-electron chi connectivity index (χ4n) is 2.60. The average Bonchev–Trinajstić information content (AvgIpc) is 2.56. The van der Waals surface area contributed by atoms with Crippen LogP contribution in [0.25, 0.3) is 10.9 Å². The zero-order valence-corrected chi connectivity index (χ0v) is 16.2. The van der Waals surface area contributed by atoms with Gasteiger partial charge in [-0.15, -0.1) is 0 Å². The fourth-order valence-corrected chi connectivity index (χ4v) is 2.60. The predicted octanol–water partition coefficient (Wildman–Crippen LogP) is 4.11. The van der Waals surface area contributed by atoms with Gasteiger partial charge in [-0.1, -0.05) is 17.2 Å². The third-order valence-corrected chi connectivity index (χ3v) is 3.95. The number of H-pyrrole nitrogens is 1. The minimum absolute atomic E-state index is 0.0178. The molecule has 27 heavy (non-hydrogen) atoms. The molecule has 144 valence electrons. The molecule has 0 radical (unpaired) electrons. The lowest BCUT2D eigenvalue weighted by atomic mass is 10.1. The van der Waals surface area contributed by atoms with Crippen LogP contribution in [0.1, 0.15) is 40.5 Å². The maximum absolute atomic E-state index is 12.4. The first-order valence-corrected chi connectivity index (χ1v) is 8.83. The Hall–Kier alpha value is -3.02. The van der Waals surface area contributed by atoms with Crippen molar-refractivity contribution in [1.82, 2.24) is 4.98 Å². The maximum atomic E-state index is 12.4. The summed E-state index contributed by atoms with van der Waals surface area (Å²) in [4.78, 5) is 26.7. The molecule has 0 bridgehead atoms. The molecule has 0 saturated carbocycles. The van der Waals surface area contributed by atoms with Gasteiger partial charge < -0.3 is 20.2 Å². The van der Waals surface area contributed by atoms with Crippen LogP contribution in [0.5, 0.6) is 11.5 Å². The smallest absolute Gasteiger partial charge is 0.308 e. The van der Waals surface area contributed by atoms with Gasteiger partial charge in [0.2, 0.25) is 5.75 Å². The summed E-state index contributed by atoms with van der Waals surface area (Å²) in [6, 6.07) is 4.97. The van der Waals surface area contributed by atoms with E-state index in [4.69, 9.17) is 15.2 Å². The maximum Gasteiger partial charge on any atom is 0.308 e. The molecule has 1 heterocycles. The van der Waals surface area contributed by atoms with Gasteiger partial charge in [0.25, 0.3) is 5.56 Å². The summed E-state index contributed by atoms with van der Waals surface area (Å²) in [7, 11) is 0. The fraction of sp³-hybridized carbons (Fsp3) is 0.333. The molecule has 0 unspecified atom stereocenters. The molecular weight excluding hydrogens is 344 g/mol. The van der Waals surface area contributed by atoms with Gasteiger partial charge in [0.1, 0.15) is 6.61 Å². The second kappa shape index (κ2) is 9.07. The van der Waals surface area contributed by atoms with Crippen LogP contribution >= 0.6 is 0 Å². The molecule has 0 amide bonds. The number of nitrogens with two attached hydrogens (primary N) is 1. The highest BCUT2D eigenvalue weighted by Gasteiger charge is 2.17. The van der Waals surface area contributed by atoms with Crippen LogP contribution < -0.4 is 20.8 Å². The molecule has 0 spiro atoms. The zero-order chi connectivity index (χ0) is 20.0. The number of hydrogen-bond donors (Lipinski definition) is 2. The van der Waals surface area contributed by atoms with Crippen molar-refractivity contribution in [2.75, 3.05) is 12.3 Å². The average molecular weight is 370 g/mol. The summed E-state index contributed by atoms with van der Waals surface area (Å²) in [6.45, 7) is 7.64. The molecule has 0 fully saturated rings. The van der Waals surface area contributed by atoms with Gasteiger partial charge in [0.05, 0.1) is 5.52 Å². The minimum Gasteiger partial charge on any atom is -0.481 e. The van der Waals surface area contributed by atoms with Crippen molar-refractivity contribution in [2.45, 2.75) is 40.5 Å². The number of nitrogens with one attached hydrogen (secondary N) is 1. The van der Waals surface area contributed by atoms with E-state index in [2.05, 4.69) is 24.9 Å². The van der Waals surface area contributed by atoms with E-state index < -0.39 is 11.5 Å². The highest BCUT2D eigenvalue weighted by molar-refractivity contribution is 5.91. The first-order chi connectivity index (χ1) is 12.8. The number of ether oxygens (including phenoxy) is 2. The van der Waals surface area contributed by atoms with Gasteiger partial charge in [-0.3, -0.25) is 9.59 Å². The van der Waals surface area contributed by atoms with Crippen molar-refractivity contribution in [2.24, 2.45) is 0 Å². The molecule has 2 rings (SSSR count). The quantitative estimate of drug-likeness (QED) is 0.434. The van der Waals surface area contributed by atoms with Crippen LogP contribution in [0, 0.1) is 0 Å². The summed E-state index contributed by atoms with van der Waals surface area (Å²) in [6.07, 6.45) is 5.97. The van der Waals surface area contributed by atoms with Crippen LogP contribution in [0.15, 0.2) is 46.3 Å². The van der Waals surface area contributed by atoms with E-state index in [1.54, 1.807) is 18.2 Å². The van der Waals surface area contributed by atoms with Crippen molar-refractivity contribution < 1.29 is 14.3 Å². The van der Waals surface area contributed by atoms with Crippen LogP contribution in [-0.2, 0) is 4.79 Å². The predicted molar refractivity (Wildman–Crippen MR) is 108 cm³/mol. The largest absolute Gasteiger partial charge is 0.481 e. The first kappa shape index (κ1) is 20.3. The van der Waals surface area contributed by atoms with Crippen molar-refractivity contribution >= 4 is 22.6 Å². The van der Waals surface area contributed by atoms with Crippen LogP contribution in [-0.4, -0.2) is 17.6 Å². The van der Waals surface area contributed by atoms with Gasteiger partial charge in [-0.25, -0.2) is 0 Å². The molecular formula is C21H26N2O4. The second-order valence-electron chi connectivity index (χ2n) is 6.69. The molecule has 3 N–H and O–H groups in total. The van der Waals surface area contributed by atoms with Crippen molar-refractivity contribution in [1.29, 1.82) is 0 Å². The van der Waals surface area contributed by atoms with Gasteiger partial charge in [-0.2, -0.15) is 0 Å². The van der Waals surface area contributed by atoms with Gasteiger partial charge in [-0.05, 0) is 57.9 Å². The standard InChI is InChI=1S/C21H26N2O4/c1-13(2)6-5-7-14(3)10-11-26-20-19(27-15(4)24)17-9-8-16(22)12-18(17)23-21(20)25/h6,8-10,12H,5,7,11,22H2,1-4H3,(H,23,25). The molecule has 1 aromatic carbocycles. The Morgan fingerprint density at radius 1 is 1.15 bits per heavy atom. The lowest BCUT2D eigenvalue weighted by Gasteiger charge is -2.12. The number of hydrogen-bond acceptors (Lipinski definition) is 5. The van der Waals surface area contributed by atoms with Gasteiger partial charge >= 0.3 is 5.97 Å². The van der Waals surface area contributed by atoms with Gasteiger partial charge in [0.15, 0.2) is 5.75 Å². The van der Waals surface area contributed by atoms with E-state index in [0.29, 0.717) is 16.6 Å². The Morgan fingerprint density at radius 3 is 2.56 bits per heavy atom. The molecule has 0 aliphatic heterocycles. The highest BCUT2D eigenvalue weighted by atomic mass is 16.6. The van der Waals surface area contributed by atoms with E-state index in [-0.39, 0.29) is 18.1 Å². The summed E-state index contributed by atoms with van der Waals surface area (Å²) in [5, 5.41) is 0.554. The van der Waals surface area contributed by atoms with E-state index in [1.165, 1.54) is 12.5 Å². The first-order valence-electron chi connectivity index (χ1n) is 8.83. The summed E-state index contributed by atoms with van der Waals surface area (Å²) >= 11 is 0. The Balaban J connectivity index is 2.27. The van der Waals surface area contributed by atoms with Crippen molar-refractivity contribution in [3.63, 3.8) is 0 Å². The Morgan fingerprint density at radius 2 is 1.89 bits per heavy atom. The van der Waals surface area contributed by atoms with E-state index in [1.807, 2.05) is 13.0 Å². The molecule has 2 aromatic rings. The van der Waals surface area contributed by atoms with E-state index >= 15 is 0 Å². The van der Waals surface area contributed by atoms with E-state index in [0.717, 1.165) is 18.4 Å². The van der Waals surface area contributed by atoms with Crippen molar-refractivity contribution in [3.8, 4) is 11.5 Å². The SMILES string of the molecule is CC(=O)Oc1c(OCC=C(C)CCC=C(C)C)c(=O)[nH]c2cc(N)ccc12. The Labute approximate surface area is 158 Å². The number of anilines is 1. The number of carbonyl (C=O) groups is 1. The van der Waals surface area contributed by atoms with Crippen molar-refractivity contribution in [3.05, 3.63) is 51.9 Å². The molecule has 0 atom stereocenters.